The van der Waals surface area contributed by atoms with Crippen LogP contribution in [-0.2, 0) is 6.18 Å². The third kappa shape index (κ3) is 4.01. The van der Waals surface area contributed by atoms with E-state index in [0.717, 1.165) is 21.7 Å². The summed E-state index contributed by atoms with van der Waals surface area (Å²) in [7, 11) is 0. The molecule has 0 saturated heterocycles. The summed E-state index contributed by atoms with van der Waals surface area (Å²) in [5.41, 5.74) is 2.22. The van der Waals surface area contributed by atoms with Gasteiger partial charge in [0.25, 0.3) is 5.89 Å². The molecule has 11 heteroatoms. The van der Waals surface area contributed by atoms with E-state index in [1.165, 1.54) is 12.1 Å². The maximum Gasteiger partial charge on any atom is 0.433 e. The summed E-state index contributed by atoms with van der Waals surface area (Å²) in [6.07, 6.45) is -4.67. The van der Waals surface area contributed by atoms with Gasteiger partial charge in [-0.05, 0) is 55.3 Å². The number of hydrogen-bond donors (Lipinski definition) is 0. The van der Waals surface area contributed by atoms with Crippen LogP contribution >= 0.6 is 23.2 Å². The van der Waals surface area contributed by atoms with E-state index >= 15 is 0 Å². The van der Waals surface area contributed by atoms with Gasteiger partial charge in [0.2, 0.25) is 5.82 Å². The SMILES string of the molecule is Cc1ccc(-c2cc(C(F)(F)F)n3nc(-c4nc(-c5ccc(Cl)cc5Cl)no4)cc3n2)cc1C. The monoisotopic (exact) mass is 503 g/mol. The second-order valence-electron chi connectivity index (χ2n) is 7.67. The zero-order chi connectivity index (χ0) is 24.2. The largest absolute Gasteiger partial charge is 0.433 e. The minimum absolute atomic E-state index is 0.0117. The first-order chi connectivity index (χ1) is 16.1. The van der Waals surface area contributed by atoms with Crippen molar-refractivity contribution in [3.8, 4) is 34.2 Å². The molecule has 172 valence electrons. The Kier molecular flexibility index (Phi) is 5.33. The molecule has 5 aromatic rings. The highest BCUT2D eigenvalue weighted by molar-refractivity contribution is 6.36. The van der Waals surface area contributed by atoms with Crippen LogP contribution in [-0.4, -0.2) is 24.7 Å². The molecule has 0 saturated carbocycles. The van der Waals surface area contributed by atoms with Crippen LogP contribution in [0, 0.1) is 13.8 Å². The Morgan fingerprint density at radius 1 is 0.882 bits per heavy atom. The van der Waals surface area contributed by atoms with Crippen LogP contribution in [0.3, 0.4) is 0 Å². The van der Waals surface area contributed by atoms with Gasteiger partial charge in [-0.1, -0.05) is 40.5 Å². The summed E-state index contributed by atoms with van der Waals surface area (Å²) in [5.74, 6) is 0.0703. The molecule has 0 aliphatic rings. The zero-order valence-electron chi connectivity index (χ0n) is 17.7. The van der Waals surface area contributed by atoms with Crippen molar-refractivity contribution in [3.05, 3.63) is 75.4 Å². The van der Waals surface area contributed by atoms with E-state index in [4.69, 9.17) is 27.7 Å². The van der Waals surface area contributed by atoms with E-state index in [0.29, 0.717) is 21.2 Å². The van der Waals surface area contributed by atoms with Gasteiger partial charge in [0.05, 0.1) is 10.7 Å². The fraction of sp³-hybridized carbons (Fsp3) is 0.130. The number of aromatic nitrogens is 5. The molecular weight excluding hydrogens is 490 g/mol. The van der Waals surface area contributed by atoms with E-state index in [1.807, 2.05) is 19.9 Å². The average Bonchev–Trinajstić information content (AvgIpc) is 3.41. The molecule has 0 fully saturated rings. The predicted octanol–water partition coefficient (Wildman–Crippen LogP) is 7.06. The van der Waals surface area contributed by atoms with Crippen LogP contribution in [0.2, 0.25) is 10.0 Å². The molecular formula is C23H14Cl2F3N5O. The van der Waals surface area contributed by atoms with Crippen molar-refractivity contribution in [2.75, 3.05) is 0 Å². The van der Waals surface area contributed by atoms with Gasteiger partial charge in [-0.25, -0.2) is 9.50 Å². The molecule has 0 aliphatic heterocycles. The molecule has 0 N–H and O–H groups in total. The van der Waals surface area contributed by atoms with Crippen molar-refractivity contribution < 1.29 is 17.7 Å². The van der Waals surface area contributed by atoms with Gasteiger partial charge in [0.15, 0.2) is 17.0 Å². The lowest BCUT2D eigenvalue weighted by Crippen LogP contribution is -2.13. The Balaban J connectivity index is 1.63. The standard InChI is InChI=1S/C23H14Cl2F3N5O/c1-11-3-4-13(7-12(11)2)17-9-19(23(26,27)28)33-20(29-17)10-18(31-33)22-30-21(32-34-22)15-6-5-14(24)8-16(15)25/h3-10H,1-2H3. The Bertz CT molecular complexity index is 1560. The first kappa shape index (κ1) is 22.4. The van der Waals surface area contributed by atoms with E-state index in [1.54, 1.807) is 24.3 Å². The summed E-state index contributed by atoms with van der Waals surface area (Å²) < 4.78 is 47.7. The van der Waals surface area contributed by atoms with Gasteiger partial charge in [-0.3, -0.25) is 0 Å². The van der Waals surface area contributed by atoms with Gasteiger partial charge in [-0.2, -0.15) is 23.3 Å². The first-order valence-electron chi connectivity index (χ1n) is 9.95. The lowest BCUT2D eigenvalue weighted by Gasteiger charge is -2.11. The Morgan fingerprint density at radius 3 is 2.38 bits per heavy atom. The third-order valence-electron chi connectivity index (χ3n) is 5.34. The van der Waals surface area contributed by atoms with Crippen LogP contribution in [0.25, 0.3) is 39.9 Å². The highest BCUT2D eigenvalue weighted by Gasteiger charge is 2.35. The molecule has 3 heterocycles. The summed E-state index contributed by atoms with van der Waals surface area (Å²) in [5, 5.41) is 8.65. The third-order valence-corrected chi connectivity index (χ3v) is 5.89. The van der Waals surface area contributed by atoms with Crippen LogP contribution in [0.4, 0.5) is 13.2 Å². The molecule has 0 amide bonds. The van der Waals surface area contributed by atoms with Gasteiger partial charge >= 0.3 is 6.18 Å². The molecule has 5 rings (SSSR count). The summed E-state index contributed by atoms with van der Waals surface area (Å²) in [6.45, 7) is 3.81. The van der Waals surface area contributed by atoms with Crippen LogP contribution in [0.1, 0.15) is 16.8 Å². The molecule has 34 heavy (non-hydrogen) atoms. The number of aryl methyl sites for hydroxylation is 2. The van der Waals surface area contributed by atoms with Crippen molar-refractivity contribution in [1.29, 1.82) is 0 Å². The lowest BCUT2D eigenvalue weighted by atomic mass is 10.0. The number of alkyl halides is 3. The molecule has 0 spiro atoms. The fourth-order valence-electron chi connectivity index (χ4n) is 3.44. The van der Waals surface area contributed by atoms with Crippen molar-refractivity contribution in [3.63, 3.8) is 0 Å². The normalized spacial score (nSPS) is 12.0. The molecule has 6 nitrogen and oxygen atoms in total. The quantitative estimate of drug-likeness (QED) is 0.263. The molecule has 0 radical (unpaired) electrons. The highest BCUT2D eigenvalue weighted by atomic mass is 35.5. The van der Waals surface area contributed by atoms with Gasteiger partial charge < -0.3 is 4.52 Å². The molecule has 0 atom stereocenters. The molecule has 2 aromatic carbocycles. The van der Waals surface area contributed by atoms with Crippen molar-refractivity contribution in [2.45, 2.75) is 20.0 Å². The van der Waals surface area contributed by atoms with Gasteiger partial charge in [-0.15, -0.1) is 0 Å². The molecule has 0 bridgehead atoms. The van der Waals surface area contributed by atoms with E-state index in [2.05, 4.69) is 20.2 Å². The van der Waals surface area contributed by atoms with E-state index < -0.39 is 11.9 Å². The second kappa shape index (κ2) is 8.11. The molecule has 0 aliphatic carbocycles. The maximum absolute atomic E-state index is 13.9. The minimum Gasteiger partial charge on any atom is -0.332 e. The predicted molar refractivity (Wildman–Crippen MR) is 122 cm³/mol. The van der Waals surface area contributed by atoms with Crippen molar-refractivity contribution in [1.82, 2.24) is 24.7 Å². The van der Waals surface area contributed by atoms with Crippen molar-refractivity contribution in [2.24, 2.45) is 0 Å². The second-order valence-corrected chi connectivity index (χ2v) is 8.51. The summed E-state index contributed by atoms with van der Waals surface area (Å²) in [6, 6.07) is 12.5. The molecule has 3 aromatic heterocycles. The maximum atomic E-state index is 13.9. The summed E-state index contributed by atoms with van der Waals surface area (Å²) >= 11 is 12.1. The van der Waals surface area contributed by atoms with E-state index in [-0.39, 0.29) is 28.8 Å². The van der Waals surface area contributed by atoms with E-state index in [9.17, 15) is 13.2 Å². The van der Waals surface area contributed by atoms with Gasteiger partial charge in [0.1, 0.15) is 0 Å². The number of hydrogen-bond acceptors (Lipinski definition) is 5. The van der Waals surface area contributed by atoms with Crippen molar-refractivity contribution >= 4 is 28.8 Å². The number of fused-ring (bicyclic) bond motifs is 1. The Hall–Kier alpha value is -3.43. The first-order valence-corrected chi connectivity index (χ1v) is 10.7. The number of rotatable bonds is 3. The fourth-order valence-corrected chi connectivity index (χ4v) is 3.93. The average molecular weight is 504 g/mol. The van der Waals surface area contributed by atoms with Gasteiger partial charge in [0, 0.05) is 22.2 Å². The zero-order valence-corrected chi connectivity index (χ0v) is 19.2. The number of benzene rings is 2. The van der Waals surface area contributed by atoms with Crippen LogP contribution in [0.15, 0.2) is 53.1 Å². The lowest BCUT2D eigenvalue weighted by molar-refractivity contribution is -0.142. The summed E-state index contributed by atoms with van der Waals surface area (Å²) in [4.78, 5) is 8.64. The smallest absolute Gasteiger partial charge is 0.332 e. The van der Waals surface area contributed by atoms with Crippen LogP contribution in [0.5, 0.6) is 0 Å². The Labute approximate surface area is 201 Å². The highest BCUT2D eigenvalue weighted by Crippen LogP contribution is 2.34. The minimum atomic E-state index is -4.67. The number of halogens is 5. The Morgan fingerprint density at radius 2 is 1.68 bits per heavy atom. The molecule has 0 unspecified atom stereocenters. The van der Waals surface area contributed by atoms with Crippen LogP contribution < -0.4 is 0 Å². The number of nitrogens with zero attached hydrogens (tertiary/aromatic N) is 5. The topological polar surface area (TPSA) is 69.1 Å².